The Kier molecular flexibility index (Phi) is 6.52. The number of nitrogens with zero attached hydrogens (tertiary/aromatic N) is 1. The van der Waals surface area contributed by atoms with Gasteiger partial charge in [0.05, 0.1) is 11.6 Å². The lowest BCUT2D eigenvalue weighted by Crippen LogP contribution is -2.36. The highest BCUT2D eigenvalue weighted by Gasteiger charge is 2.19. The van der Waals surface area contributed by atoms with E-state index in [4.69, 9.17) is 11.6 Å². The van der Waals surface area contributed by atoms with Crippen LogP contribution in [-0.4, -0.2) is 35.7 Å². The smallest absolute Gasteiger partial charge is 0.255 e. The topological polar surface area (TPSA) is 20.3 Å². The van der Waals surface area contributed by atoms with E-state index in [0.717, 1.165) is 4.90 Å². The Morgan fingerprint density at radius 2 is 2.11 bits per heavy atom. The quantitative estimate of drug-likeness (QED) is 0.673. The van der Waals surface area contributed by atoms with Crippen molar-refractivity contribution in [1.82, 2.24) is 4.90 Å². The van der Waals surface area contributed by atoms with Crippen molar-refractivity contribution in [2.45, 2.75) is 6.43 Å². The zero-order valence-electron chi connectivity index (χ0n) is 9.18. The number of carbonyl (C=O) groups excluding carboxylic acids is 1. The fourth-order valence-corrected chi connectivity index (χ4v) is 2.21. The molecule has 0 aliphatic rings. The number of rotatable bonds is 5. The highest BCUT2D eigenvalue weighted by atomic mass is 79.9. The highest BCUT2D eigenvalue weighted by Crippen LogP contribution is 2.24. The molecule has 0 aliphatic carbocycles. The Morgan fingerprint density at radius 1 is 1.44 bits per heavy atom. The van der Waals surface area contributed by atoms with Crippen LogP contribution in [0.4, 0.5) is 8.78 Å². The zero-order valence-corrected chi connectivity index (χ0v) is 13.1. The summed E-state index contributed by atoms with van der Waals surface area (Å²) in [5, 5.41) is 0.812. The van der Waals surface area contributed by atoms with Crippen molar-refractivity contribution < 1.29 is 13.6 Å². The lowest BCUT2D eigenvalue weighted by atomic mass is 10.2. The van der Waals surface area contributed by atoms with Crippen molar-refractivity contribution in [3.05, 3.63) is 33.3 Å². The molecule has 1 rings (SSSR count). The molecule has 0 spiro atoms. The van der Waals surface area contributed by atoms with E-state index in [9.17, 15) is 13.6 Å². The van der Waals surface area contributed by atoms with E-state index < -0.39 is 18.9 Å². The first-order valence-corrected chi connectivity index (χ1v) is 7.33. The third-order valence-electron chi connectivity index (χ3n) is 2.17. The molecule has 0 atom stereocenters. The zero-order chi connectivity index (χ0) is 13.7. The molecule has 1 amide bonds. The van der Waals surface area contributed by atoms with E-state index in [1.54, 1.807) is 12.1 Å². The first-order chi connectivity index (χ1) is 8.45. The van der Waals surface area contributed by atoms with Crippen LogP contribution in [0, 0.1) is 0 Å². The van der Waals surface area contributed by atoms with Crippen LogP contribution >= 0.6 is 43.5 Å². The standard InChI is InChI=1S/C11H10Br2ClF2NO/c12-3-4-17(6-10(15)16)11(18)7-1-2-8(13)9(14)5-7/h1-2,5,10H,3-4,6H2. The minimum Gasteiger partial charge on any atom is -0.332 e. The molecular formula is C11H10Br2ClF2NO. The molecule has 0 N–H and O–H groups in total. The fraction of sp³-hybridized carbons (Fsp3) is 0.364. The number of alkyl halides is 3. The minimum absolute atomic E-state index is 0.219. The van der Waals surface area contributed by atoms with Crippen LogP contribution < -0.4 is 0 Å². The Morgan fingerprint density at radius 3 is 2.61 bits per heavy atom. The van der Waals surface area contributed by atoms with Crippen molar-refractivity contribution in [2.24, 2.45) is 0 Å². The molecule has 1 aromatic rings. The average Bonchev–Trinajstić information content (AvgIpc) is 2.31. The summed E-state index contributed by atoms with van der Waals surface area (Å²) in [7, 11) is 0. The highest BCUT2D eigenvalue weighted by molar-refractivity contribution is 9.10. The lowest BCUT2D eigenvalue weighted by molar-refractivity contribution is 0.0572. The lowest BCUT2D eigenvalue weighted by Gasteiger charge is -2.21. The van der Waals surface area contributed by atoms with Crippen LogP contribution in [0.15, 0.2) is 22.7 Å². The van der Waals surface area contributed by atoms with E-state index in [2.05, 4.69) is 31.9 Å². The molecule has 2 nitrogen and oxygen atoms in total. The van der Waals surface area contributed by atoms with Crippen LogP contribution in [0.5, 0.6) is 0 Å². The predicted octanol–water partition coefficient (Wildman–Crippen LogP) is 4.20. The van der Waals surface area contributed by atoms with Gasteiger partial charge in [-0.05, 0) is 34.1 Å². The summed E-state index contributed by atoms with van der Waals surface area (Å²) in [5.74, 6) is -0.454. The molecule has 0 fully saturated rings. The van der Waals surface area contributed by atoms with Gasteiger partial charge < -0.3 is 4.90 Å². The van der Waals surface area contributed by atoms with Gasteiger partial charge in [-0.2, -0.15) is 0 Å². The first kappa shape index (κ1) is 15.9. The van der Waals surface area contributed by atoms with Crippen molar-refractivity contribution in [3.8, 4) is 0 Å². The molecule has 0 saturated carbocycles. The molecule has 0 unspecified atom stereocenters. The Bertz CT molecular complexity index is 432. The normalized spacial score (nSPS) is 10.8. The largest absolute Gasteiger partial charge is 0.332 e. The summed E-state index contributed by atoms with van der Waals surface area (Å²) in [6.07, 6.45) is -2.56. The number of amides is 1. The summed E-state index contributed by atoms with van der Waals surface area (Å²) in [6.45, 7) is -0.366. The monoisotopic (exact) mass is 403 g/mol. The van der Waals surface area contributed by atoms with Gasteiger partial charge in [0, 0.05) is 21.9 Å². The average molecular weight is 405 g/mol. The van der Waals surface area contributed by atoms with Gasteiger partial charge in [0.15, 0.2) is 0 Å². The van der Waals surface area contributed by atoms with E-state index in [-0.39, 0.29) is 6.54 Å². The van der Waals surface area contributed by atoms with E-state index >= 15 is 0 Å². The second kappa shape index (κ2) is 7.40. The summed E-state index contributed by atoms with van der Waals surface area (Å²) in [5.41, 5.74) is 0.296. The van der Waals surface area contributed by atoms with Gasteiger partial charge in [-0.15, -0.1) is 0 Å². The van der Waals surface area contributed by atoms with E-state index in [0.29, 0.717) is 20.4 Å². The van der Waals surface area contributed by atoms with Gasteiger partial charge in [-0.3, -0.25) is 4.79 Å². The number of benzene rings is 1. The molecule has 0 heterocycles. The van der Waals surface area contributed by atoms with Gasteiger partial charge in [0.25, 0.3) is 12.3 Å². The predicted molar refractivity (Wildman–Crippen MR) is 74.9 cm³/mol. The molecule has 0 aromatic heterocycles. The Hall–Kier alpha value is -0.200. The maximum atomic E-state index is 12.4. The molecule has 0 radical (unpaired) electrons. The van der Waals surface area contributed by atoms with Gasteiger partial charge in [-0.25, -0.2) is 8.78 Å². The van der Waals surface area contributed by atoms with Crippen LogP contribution in [0.3, 0.4) is 0 Å². The molecule has 0 bridgehead atoms. The Labute approximate surface area is 126 Å². The molecule has 7 heteroatoms. The first-order valence-electron chi connectivity index (χ1n) is 5.04. The van der Waals surface area contributed by atoms with E-state index in [1.807, 2.05) is 0 Å². The maximum Gasteiger partial charge on any atom is 0.255 e. The van der Waals surface area contributed by atoms with Gasteiger partial charge in [0.2, 0.25) is 0 Å². The molecule has 0 saturated heterocycles. The molecule has 0 aliphatic heterocycles. The van der Waals surface area contributed by atoms with Crippen molar-refractivity contribution in [2.75, 3.05) is 18.4 Å². The summed E-state index contributed by atoms with van der Waals surface area (Å²) >= 11 is 12.2. The molecule has 1 aromatic carbocycles. The van der Waals surface area contributed by atoms with Gasteiger partial charge in [-0.1, -0.05) is 27.5 Å². The fourth-order valence-electron chi connectivity index (χ4n) is 1.36. The number of carbonyl (C=O) groups is 1. The van der Waals surface area contributed by atoms with Gasteiger partial charge in [0.1, 0.15) is 0 Å². The van der Waals surface area contributed by atoms with Crippen molar-refractivity contribution in [3.63, 3.8) is 0 Å². The summed E-state index contributed by atoms with van der Waals surface area (Å²) in [4.78, 5) is 13.1. The number of halogens is 5. The van der Waals surface area contributed by atoms with Crippen LogP contribution in [0.1, 0.15) is 10.4 Å². The van der Waals surface area contributed by atoms with Gasteiger partial charge >= 0.3 is 0 Å². The minimum atomic E-state index is -2.56. The van der Waals surface area contributed by atoms with Crippen LogP contribution in [0.2, 0.25) is 5.02 Å². The van der Waals surface area contributed by atoms with Crippen LogP contribution in [0.25, 0.3) is 0 Å². The second-order valence-corrected chi connectivity index (χ2v) is 5.51. The molecule has 100 valence electrons. The summed E-state index contributed by atoms with van der Waals surface area (Å²) < 4.78 is 25.4. The second-order valence-electron chi connectivity index (χ2n) is 3.46. The maximum absolute atomic E-state index is 12.4. The summed E-state index contributed by atoms with van der Waals surface area (Å²) in [6, 6.07) is 4.62. The van der Waals surface area contributed by atoms with Crippen LogP contribution in [-0.2, 0) is 0 Å². The third kappa shape index (κ3) is 4.48. The van der Waals surface area contributed by atoms with E-state index in [1.165, 1.54) is 6.07 Å². The Balaban J connectivity index is 2.90. The number of hydrogen-bond donors (Lipinski definition) is 0. The van der Waals surface area contributed by atoms with Crippen molar-refractivity contribution >= 4 is 49.4 Å². The SMILES string of the molecule is O=C(c1ccc(Br)c(Cl)c1)N(CCBr)CC(F)F. The number of hydrogen-bond acceptors (Lipinski definition) is 1. The molecular weight excluding hydrogens is 395 g/mol. The molecule has 18 heavy (non-hydrogen) atoms. The van der Waals surface area contributed by atoms with Crippen molar-refractivity contribution in [1.29, 1.82) is 0 Å². The third-order valence-corrected chi connectivity index (χ3v) is 3.75.